The van der Waals surface area contributed by atoms with E-state index in [1.165, 1.54) is 26.2 Å². The Bertz CT molecular complexity index is 1340. The van der Waals surface area contributed by atoms with Gasteiger partial charge in [0, 0.05) is 36.1 Å². The SMILES string of the molecule is CC=O.CCn1ncc2c3c(NCc4ccc(OC)c(Cl)c4)nnc(NC4CCCCC4)c3cnc21. The topological polar surface area (TPSA) is 107 Å². The van der Waals surface area contributed by atoms with E-state index in [9.17, 15) is 0 Å². The molecule has 190 valence electrons. The summed E-state index contributed by atoms with van der Waals surface area (Å²) >= 11 is 6.31. The van der Waals surface area contributed by atoms with Gasteiger partial charge in [0.1, 0.15) is 12.0 Å². The molecule has 0 aliphatic heterocycles. The summed E-state index contributed by atoms with van der Waals surface area (Å²) in [6.07, 6.45) is 10.6. The van der Waals surface area contributed by atoms with E-state index < -0.39 is 0 Å². The van der Waals surface area contributed by atoms with E-state index in [4.69, 9.17) is 26.1 Å². The Morgan fingerprint density at radius 3 is 2.58 bits per heavy atom. The third kappa shape index (κ3) is 5.51. The van der Waals surface area contributed by atoms with E-state index in [0.717, 1.165) is 58.9 Å². The van der Waals surface area contributed by atoms with Gasteiger partial charge in [0.2, 0.25) is 0 Å². The molecule has 36 heavy (non-hydrogen) atoms. The third-order valence-electron chi connectivity index (χ3n) is 6.33. The van der Waals surface area contributed by atoms with E-state index in [-0.39, 0.29) is 0 Å². The van der Waals surface area contributed by atoms with Crippen molar-refractivity contribution in [1.29, 1.82) is 0 Å². The molecule has 9 nitrogen and oxygen atoms in total. The molecule has 1 aliphatic carbocycles. The van der Waals surface area contributed by atoms with Crippen molar-refractivity contribution in [2.75, 3.05) is 17.7 Å². The van der Waals surface area contributed by atoms with Gasteiger partial charge in [-0.25, -0.2) is 9.67 Å². The second kappa shape index (κ2) is 12.0. The molecule has 1 aromatic carbocycles. The molecule has 0 unspecified atom stereocenters. The highest BCUT2D eigenvalue weighted by Gasteiger charge is 2.19. The number of pyridine rings is 1. The highest BCUT2D eigenvalue weighted by Crippen LogP contribution is 2.34. The number of aldehydes is 1. The highest BCUT2D eigenvalue weighted by atomic mass is 35.5. The summed E-state index contributed by atoms with van der Waals surface area (Å²) < 4.78 is 7.16. The van der Waals surface area contributed by atoms with Crippen LogP contribution in [0.3, 0.4) is 0 Å². The van der Waals surface area contributed by atoms with Gasteiger partial charge in [-0.15, -0.1) is 10.2 Å². The van der Waals surface area contributed by atoms with Crippen LogP contribution in [-0.2, 0) is 17.9 Å². The maximum absolute atomic E-state index is 8.81. The molecule has 1 aliphatic rings. The van der Waals surface area contributed by atoms with Crippen LogP contribution in [0.2, 0.25) is 5.02 Å². The fourth-order valence-electron chi connectivity index (χ4n) is 4.57. The summed E-state index contributed by atoms with van der Waals surface area (Å²) in [4.78, 5) is 13.5. The second-order valence-corrected chi connectivity index (χ2v) is 9.09. The normalized spacial score (nSPS) is 13.8. The smallest absolute Gasteiger partial charge is 0.158 e. The summed E-state index contributed by atoms with van der Waals surface area (Å²) in [6.45, 7) is 4.81. The Kier molecular flexibility index (Phi) is 8.53. The van der Waals surface area contributed by atoms with Crippen LogP contribution in [0.15, 0.2) is 30.6 Å². The number of anilines is 2. The Hall–Kier alpha value is -3.46. The molecule has 1 fully saturated rings. The second-order valence-electron chi connectivity index (χ2n) is 8.68. The average molecular weight is 510 g/mol. The van der Waals surface area contributed by atoms with Gasteiger partial charge >= 0.3 is 0 Å². The first-order chi connectivity index (χ1) is 17.6. The molecule has 0 saturated heterocycles. The molecule has 0 atom stereocenters. The van der Waals surface area contributed by atoms with E-state index in [1.54, 1.807) is 7.11 Å². The van der Waals surface area contributed by atoms with Crippen LogP contribution in [0.25, 0.3) is 21.8 Å². The molecule has 3 aromatic heterocycles. The number of halogens is 1. The van der Waals surface area contributed by atoms with Crippen molar-refractivity contribution in [1.82, 2.24) is 25.0 Å². The number of fused-ring (bicyclic) bond motifs is 3. The number of nitrogens with zero attached hydrogens (tertiary/aromatic N) is 5. The lowest BCUT2D eigenvalue weighted by molar-refractivity contribution is -0.106. The summed E-state index contributed by atoms with van der Waals surface area (Å²) in [5, 5.41) is 24.2. The van der Waals surface area contributed by atoms with Gasteiger partial charge in [-0.2, -0.15) is 5.10 Å². The number of hydrogen-bond acceptors (Lipinski definition) is 8. The van der Waals surface area contributed by atoms with Crippen LogP contribution in [0.4, 0.5) is 11.6 Å². The zero-order valence-electron chi connectivity index (χ0n) is 20.9. The van der Waals surface area contributed by atoms with Gasteiger partial charge in [0.25, 0.3) is 0 Å². The van der Waals surface area contributed by atoms with Gasteiger partial charge in [-0.1, -0.05) is 36.9 Å². The van der Waals surface area contributed by atoms with Crippen LogP contribution in [-0.4, -0.2) is 44.4 Å². The number of aryl methyl sites for hydroxylation is 1. The maximum atomic E-state index is 8.81. The van der Waals surface area contributed by atoms with Crippen molar-refractivity contribution >= 4 is 51.3 Å². The van der Waals surface area contributed by atoms with Crippen molar-refractivity contribution in [3.63, 3.8) is 0 Å². The molecule has 10 heteroatoms. The van der Waals surface area contributed by atoms with Crippen molar-refractivity contribution < 1.29 is 9.53 Å². The van der Waals surface area contributed by atoms with Crippen LogP contribution in [0.1, 0.15) is 51.5 Å². The average Bonchev–Trinajstić information content (AvgIpc) is 3.33. The Morgan fingerprint density at radius 2 is 1.89 bits per heavy atom. The number of aromatic nitrogens is 5. The van der Waals surface area contributed by atoms with E-state index in [0.29, 0.717) is 29.2 Å². The summed E-state index contributed by atoms with van der Waals surface area (Å²) in [5.74, 6) is 2.14. The lowest BCUT2D eigenvalue weighted by atomic mass is 9.95. The fourth-order valence-corrected chi connectivity index (χ4v) is 4.85. The Morgan fingerprint density at radius 1 is 1.14 bits per heavy atom. The van der Waals surface area contributed by atoms with Gasteiger partial charge < -0.3 is 20.2 Å². The molecule has 4 aromatic rings. The minimum absolute atomic E-state index is 0.422. The lowest BCUT2D eigenvalue weighted by Crippen LogP contribution is -2.23. The maximum Gasteiger partial charge on any atom is 0.158 e. The minimum atomic E-state index is 0.422. The molecule has 0 spiro atoms. The van der Waals surface area contributed by atoms with Gasteiger partial charge in [0.15, 0.2) is 17.3 Å². The van der Waals surface area contributed by atoms with Crippen LogP contribution >= 0.6 is 11.6 Å². The standard InChI is InChI=1S/C24H28ClN7O.C2H4O/c1-3-32-24-18(14-28-32)21-17(13-27-24)22(29-16-7-5-4-6-8-16)30-31-23(21)26-12-15-9-10-20(33-2)19(25)11-15;1-2-3/h9-11,13-14,16H,3-8,12H2,1-2H3,(H,26,31)(H,29,30);2H,1H3. The molecule has 1 saturated carbocycles. The van der Waals surface area contributed by atoms with Gasteiger partial charge in [-0.05, 0) is 44.4 Å². The number of hydrogen-bond donors (Lipinski definition) is 2. The molecular formula is C26H32ClN7O2. The van der Waals surface area contributed by atoms with Gasteiger partial charge in [-0.3, -0.25) is 0 Å². The Labute approximate surface area is 215 Å². The number of carbonyl (C=O) groups is 1. The van der Waals surface area contributed by atoms with Gasteiger partial charge in [0.05, 0.1) is 23.7 Å². The molecule has 0 amide bonds. The quantitative estimate of drug-likeness (QED) is 0.309. The predicted molar refractivity (Wildman–Crippen MR) is 144 cm³/mol. The highest BCUT2D eigenvalue weighted by molar-refractivity contribution is 6.32. The lowest BCUT2D eigenvalue weighted by Gasteiger charge is -2.24. The third-order valence-corrected chi connectivity index (χ3v) is 6.63. The van der Waals surface area contributed by atoms with Crippen LogP contribution in [0, 0.1) is 0 Å². The van der Waals surface area contributed by atoms with Crippen molar-refractivity contribution in [3.8, 4) is 5.75 Å². The van der Waals surface area contributed by atoms with Crippen LogP contribution in [0.5, 0.6) is 5.75 Å². The Balaban J connectivity index is 0.000000967. The largest absolute Gasteiger partial charge is 0.495 e. The van der Waals surface area contributed by atoms with E-state index in [2.05, 4.69) is 32.9 Å². The molecular weight excluding hydrogens is 478 g/mol. The predicted octanol–water partition coefficient (Wildman–Crippen LogP) is 5.62. The number of methoxy groups -OCH3 is 1. The summed E-state index contributed by atoms with van der Waals surface area (Å²) in [7, 11) is 1.61. The summed E-state index contributed by atoms with van der Waals surface area (Å²) in [5.41, 5.74) is 1.87. The summed E-state index contributed by atoms with van der Waals surface area (Å²) in [6, 6.07) is 6.17. The van der Waals surface area contributed by atoms with E-state index in [1.807, 2.05) is 35.3 Å². The van der Waals surface area contributed by atoms with E-state index >= 15 is 0 Å². The number of rotatable bonds is 7. The first-order valence-corrected chi connectivity index (χ1v) is 12.7. The number of carbonyl (C=O) groups excluding carboxylic acids is 1. The van der Waals surface area contributed by atoms with Crippen molar-refractivity contribution in [2.45, 2.75) is 65.1 Å². The zero-order valence-corrected chi connectivity index (χ0v) is 21.7. The van der Waals surface area contributed by atoms with Crippen molar-refractivity contribution in [3.05, 3.63) is 41.2 Å². The fraction of sp³-hybridized carbons (Fsp3) is 0.423. The van der Waals surface area contributed by atoms with Crippen molar-refractivity contribution in [2.24, 2.45) is 0 Å². The molecule has 3 heterocycles. The zero-order chi connectivity index (χ0) is 25.5. The number of nitrogens with one attached hydrogen (secondary N) is 2. The molecule has 2 N–H and O–H groups in total. The monoisotopic (exact) mass is 509 g/mol. The number of ether oxygens (including phenoxy) is 1. The minimum Gasteiger partial charge on any atom is -0.495 e. The molecule has 0 radical (unpaired) electrons. The molecule has 5 rings (SSSR count). The first kappa shape index (κ1) is 25.6. The van der Waals surface area contributed by atoms with Crippen LogP contribution < -0.4 is 15.4 Å². The first-order valence-electron chi connectivity index (χ1n) is 12.3. The molecule has 0 bridgehead atoms. The number of benzene rings is 1.